The van der Waals surface area contributed by atoms with E-state index in [-0.39, 0.29) is 5.92 Å². The van der Waals surface area contributed by atoms with Crippen molar-refractivity contribution in [1.29, 1.82) is 0 Å². The molecule has 1 aliphatic heterocycles. The van der Waals surface area contributed by atoms with Crippen LogP contribution in [0.4, 0.5) is 17.2 Å². The van der Waals surface area contributed by atoms with Gasteiger partial charge in [0.1, 0.15) is 11.9 Å². The predicted molar refractivity (Wildman–Crippen MR) is 154 cm³/mol. The molecule has 0 saturated heterocycles. The number of aromatic nitrogens is 2. The lowest BCUT2D eigenvalue weighted by Gasteiger charge is -2.36. The van der Waals surface area contributed by atoms with Crippen molar-refractivity contribution >= 4 is 35.6 Å². The number of rotatable bonds is 6. The molecule has 2 unspecified atom stereocenters. The van der Waals surface area contributed by atoms with Crippen LogP contribution in [0.3, 0.4) is 0 Å². The summed E-state index contributed by atoms with van der Waals surface area (Å²) in [6, 6.07) is 7.45. The second-order valence-corrected chi connectivity index (χ2v) is 13.8. The summed E-state index contributed by atoms with van der Waals surface area (Å²) in [6.45, 7) is 3.98. The van der Waals surface area contributed by atoms with E-state index in [0.717, 1.165) is 49.1 Å². The number of nitrogen functional groups attached to an aromatic ring is 1. The van der Waals surface area contributed by atoms with Crippen LogP contribution in [0.25, 0.3) is 0 Å². The number of allylic oxidation sites excluding steroid dienone is 3. The number of fused-ring (bicyclic) bond motifs is 1. The van der Waals surface area contributed by atoms with Crippen LogP contribution in [0.2, 0.25) is 0 Å². The first kappa shape index (κ1) is 26.6. The molecule has 2 aliphatic carbocycles. The van der Waals surface area contributed by atoms with Gasteiger partial charge < -0.3 is 20.3 Å². The van der Waals surface area contributed by atoms with Crippen LogP contribution in [0.15, 0.2) is 59.4 Å². The minimum absolute atomic E-state index is 0.288. The van der Waals surface area contributed by atoms with E-state index in [0.29, 0.717) is 40.7 Å². The molecule has 0 amide bonds. The van der Waals surface area contributed by atoms with E-state index in [9.17, 15) is 9.46 Å². The molecule has 1 aromatic heterocycles. The average molecular weight is 536 g/mol. The van der Waals surface area contributed by atoms with Crippen molar-refractivity contribution in [3.8, 4) is 5.88 Å². The number of benzene rings is 1. The molecule has 202 valence electrons. The zero-order valence-corrected chi connectivity index (χ0v) is 23.6. The fourth-order valence-electron chi connectivity index (χ4n) is 5.90. The second-order valence-electron chi connectivity index (χ2n) is 11.5. The summed E-state index contributed by atoms with van der Waals surface area (Å²) in [5.74, 6) is 2.07. The van der Waals surface area contributed by atoms with Crippen LogP contribution < -0.4 is 20.7 Å². The molecule has 0 spiro atoms. The van der Waals surface area contributed by atoms with E-state index in [4.69, 9.17) is 15.5 Å². The van der Waals surface area contributed by atoms with E-state index in [1.54, 1.807) is 12.1 Å². The van der Waals surface area contributed by atoms with Gasteiger partial charge in [0, 0.05) is 31.2 Å². The maximum atomic E-state index is 13.2. The first-order valence-corrected chi connectivity index (χ1v) is 15.2. The van der Waals surface area contributed by atoms with Gasteiger partial charge in [-0.3, -0.25) is 4.57 Å². The summed E-state index contributed by atoms with van der Waals surface area (Å²) in [5.41, 5.74) is 8.81. The Hall–Kier alpha value is -2.96. The summed E-state index contributed by atoms with van der Waals surface area (Å²) < 4.78 is 19.3. The van der Waals surface area contributed by atoms with Gasteiger partial charge >= 0.3 is 0 Å². The third-order valence-corrected chi connectivity index (χ3v) is 10.3. The Morgan fingerprint density at radius 2 is 1.84 bits per heavy atom. The first-order valence-electron chi connectivity index (χ1n) is 13.4. The summed E-state index contributed by atoms with van der Waals surface area (Å²) >= 11 is 0. The Labute approximate surface area is 225 Å². The fourth-order valence-corrected chi connectivity index (χ4v) is 7.79. The van der Waals surface area contributed by atoms with Gasteiger partial charge in [0.05, 0.1) is 5.71 Å². The Balaban J connectivity index is 1.19. The lowest BCUT2D eigenvalue weighted by molar-refractivity contribution is 0.171. The highest BCUT2D eigenvalue weighted by Crippen LogP contribution is 2.47. The zero-order chi connectivity index (χ0) is 27.1. The van der Waals surface area contributed by atoms with Crippen LogP contribution in [-0.4, -0.2) is 46.4 Å². The van der Waals surface area contributed by atoms with Gasteiger partial charge in [-0.1, -0.05) is 18.2 Å². The molecule has 3 N–H and O–H groups in total. The van der Waals surface area contributed by atoms with Gasteiger partial charge in [-0.15, -0.1) is 0 Å². The molecule has 1 aromatic carbocycles. The molecule has 3 aliphatic rings. The van der Waals surface area contributed by atoms with Gasteiger partial charge in [0.2, 0.25) is 13.2 Å². The van der Waals surface area contributed by atoms with Crippen molar-refractivity contribution in [3.63, 3.8) is 0 Å². The number of ether oxygens (including phenoxy) is 1. The number of anilines is 2. The number of hydrogen-bond acceptors (Lipinski definition) is 7. The minimum atomic E-state index is -3.36. The van der Waals surface area contributed by atoms with E-state index < -0.39 is 13.0 Å². The molecule has 9 heteroatoms. The second kappa shape index (κ2) is 10.3. The van der Waals surface area contributed by atoms with E-state index in [1.807, 2.05) is 45.0 Å². The summed E-state index contributed by atoms with van der Waals surface area (Å²) in [6.07, 6.45) is 13.6. The number of nitrogens with zero attached hydrogens (tertiary/aromatic N) is 4. The summed E-state index contributed by atoms with van der Waals surface area (Å²) in [4.78, 5) is 25.9. The quantitative estimate of drug-likeness (QED) is 0.484. The molecule has 2 atom stereocenters. The molecule has 8 nitrogen and oxygen atoms in total. The van der Waals surface area contributed by atoms with Crippen molar-refractivity contribution < 1.29 is 14.2 Å². The Morgan fingerprint density at radius 1 is 1.13 bits per heavy atom. The Morgan fingerprint density at radius 3 is 2.47 bits per heavy atom. The van der Waals surface area contributed by atoms with Gasteiger partial charge in [0.25, 0.3) is 0 Å². The Bertz CT molecular complexity index is 1320. The van der Waals surface area contributed by atoms with Crippen molar-refractivity contribution in [2.45, 2.75) is 51.6 Å². The SMILES string of the molecule is CN(C)c1ccc(P(=O)(O)C[C@H]2CC[C@H](C3C=CC(C4=Nc5c(N)ncnc5OC4(C)C)=CC3)CC2)cc1. The topological polar surface area (TPSA) is 114 Å². The largest absolute Gasteiger partial charge is 0.463 e. The smallest absolute Gasteiger partial charge is 0.246 e. The van der Waals surface area contributed by atoms with Gasteiger partial charge in [0.15, 0.2) is 11.5 Å². The number of aliphatic imine (C=N–C) groups is 1. The van der Waals surface area contributed by atoms with E-state index >= 15 is 0 Å². The van der Waals surface area contributed by atoms with Crippen LogP contribution >= 0.6 is 7.37 Å². The van der Waals surface area contributed by atoms with Gasteiger partial charge in [-0.25, -0.2) is 9.98 Å². The minimum Gasteiger partial charge on any atom is -0.463 e. The lowest BCUT2D eigenvalue weighted by atomic mass is 9.73. The maximum absolute atomic E-state index is 13.2. The van der Waals surface area contributed by atoms with Crippen molar-refractivity contribution in [2.24, 2.45) is 22.7 Å². The third kappa shape index (κ3) is 5.43. The molecule has 0 radical (unpaired) electrons. The van der Waals surface area contributed by atoms with Crippen LogP contribution in [-0.2, 0) is 4.57 Å². The first-order chi connectivity index (χ1) is 18.0. The molecule has 0 bridgehead atoms. The highest BCUT2D eigenvalue weighted by atomic mass is 31.2. The summed E-state index contributed by atoms with van der Waals surface area (Å²) in [7, 11) is 0.570. The average Bonchev–Trinajstić information content (AvgIpc) is 2.88. The van der Waals surface area contributed by atoms with Crippen LogP contribution in [0.5, 0.6) is 5.88 Å². The number of hydrogen-bond donors (Lipinski definition) is 2. The lowest BCUT2D eigenvalue weighted by Crippen LogP contribution is -2.41. The molecular weight excluding hydrogens is 497 g/mol. The molecular formula is C29H38N5O3P. The van der Waals surface area contributed by atoms with Crippen molar-refractivity contribution in [1.82, 2.24) is 9.97 Å². The molecule has 2 aromatic rings. The normalized spacial score (nSPS) is 25.9. The molecule has 1 fully saturated rings. The van der Waals surface area contributed by atoms with Gasteiger partial charge in [-0.05, 0) is 93.5 Å². The highest BCUT2D eigenvalue weighted by molar-refractivity contribution is 7.66. The van der Waals surface area contributed by atoms with E-state index in [1.165, 1.54) is 6.33 Å². The van der Waals surface area contributed by atoms with Gasteiger partial charge in [-0.2, -0.15) is 4.98 Å². The molecule has 2 heterocycles. The molecule has 38 heavy (non-hydrogen) atoms. The van der Waals surface area contributed by atoms with Crippen molar-refractivity contribution in [2.75, 3.05) is 30.9 Å². The van der Waals surface area contributed by atoms with Crippen molar-refractivity contribution in [3.05, 3.63) is 54.4 Å². The fraction of sp³-hybridized carbons (Fsp3) is 0.483. The third-order valence-electron chi connectivity index (χ3n) is 8.14. The molecule has 1 saturated carbocycles. The molecule has 5 rings (SSSR count). The monoisotopic (exact) mass is 535 g/mol. The zero-order valence-electron chi connectivity index (χ0n) is 22.7. The standard InChI is InChI=1S/C29H38N5O3P/c1-29(2)26(33-25-27(30)31-18-32-28(25)37-29)22-11-9-21(10-12-22)20-7-5-19(6-8-20)17-38(35,36)24-15-13-23(14-16-24)34(3)4/h9,11-16,18-21H,5-8,10,17H2,1-4H3,(H,35,36)(H2,30,31,32)/t19-,20-,21?. The van der Waals surface area contributed by atoms with Crippen LogP contribution in [0.1, 0.15) is 46.0 Å². The summed E-state index contributed by atoms with van der Waals surface area (Å²) in [5, 5.41) is 0.562. The number of nitrogens with two attached hydrogens (primary N) is 1. The Kier molecular flexibility index (Phi) is 7.23. The predicted octanol–water partition coefficient (Wildman–Crippen LogP) is 5.27. The van der Waals surface area contributed by atoms with Crippen LogP contribution in [0, 0.1) is 17.8 Å². The highest BCUT2D eigenvalue weighted by Gasteiger charge is 2.37. The van der Waals surface area contributed by atoms with E-state index in [2.05, 4.69) is 28.2 Å². The maximum Gasteiger partial charge on any atom is 0.246 e.